The molecule has 0 aromatic carbocycles. The Kier molecular flexibility index (Phi) is 4.88. The molecule has 2 heterocycles. The highest BCUT2D eigenvalue weighted by Crippen LogP contribution is 2.17. The van der Waals surface area contributed by atoms with Gasteiger partial charge in [-0.3, -0.25) is 4.79 Å². The Morgan fingerprint density at radius 1 is 1.43 bits per heavy atom. The molecule has 0 fully saturated rings. The standard InChI is InChI=1S/C12H15N5O3S/c1-2-13-12-15-5-9(21-12)10(18)14-3-4-17-6-8(11(19)20)16-7-17/h5-7H,2-4H2,1H3,(H,13,15)(H,14,18)(H,19,20). The normalized spacial score (nSPS) is 10.3. The third kappa shape index (κ3) is 4.02. The van der Waals surface area contributed by atoms with Gasteiger partial charge in [0.25, 0.3) is 5.91 Å². The van der Waals surface area contributed by atoms with E-state index >= 15 is 0 Å². The highest BCUT2D eigenvalue weighted by molar-refractivity contribution is 7.17. The Hall–Kier alpha value is -2.42. The van der Waals surface area contributed by atoms with Gasteiger partial charge in [0.15, 0.2) is 10.8 Å². The molecular weight excluding hydrogens is 294 g/mol. The number of hydrogen-bond acceptors (Lipinski definition) is 6. The van der Waals surface area contributed by atoms with Crippen molar-refractivity contribution in [2.75, 3.05) is 18.4 Å². The molecule has 3 N–H and O–H groups in total. The van der Waals surface area contributed by atoms with Crippen molar-refractivity contribution in [1.29, 1.82) is 0 Å². The number of nitrogens with one attached hydrogen (secondary N) is 2. The molecule has 2 rings (SSSR count). The Bertz CT molecular complexity index is 636. The molecule has 0 unspecified atom stereocenters. The van der Waals surface area contributed by atoms with Crippen LogP contribution in [0.4, 0.5) is 5.13 Å². The zero-order valence-electron chi connectivity index (χ0n) is 11.4. The molecule has 0 aliphatic rings. The van der Waals surface area contributed by atoms with E-state index in [1.54, 1.807) is 4.57 Å². The van der Waals surface area contributed by atoms with E-state index in [1.807, 2.05) is 6.92 Å². The topological polar surface area (TPSA) is 109 Å². The van der Waals surface area contributed by atoms with Crippen LogP contribution in [-0.4, -0.2) is 44.6 Å². The fourth-order valence-corrected chi connectivity index (χ4v) is 2.39. The van der Waals surface area contributed by atoms with Crippen molar-refractivity contribution in [3.8, 4) is 0 Å². The summed E-state index contributed by atoms with van der Waals surface area (Å²) in [5.74, 6) is -1.27. The van der Waals surface area contributed by atoms with Crippen LogP contribution >= 0.6 is 11.3 Å². The smallest absolute Gasteiger partial charge is 0.356 e. The first-order valence-electron chi connectivity index (χ1n) is 6.33. The highest BCUT2D eigenvalue weighted by Gasteiger charge is 2.10. The number of anilines is 1. The lowest BCUT2D eigenvalue weighted by Crippen LogP contribution is -2.26. The summed E-state index contributed by atoms with van der Waals surface area (Å²) < 4.78 is 1.61. The number of rotatable bonds is 7. The van der Waals surface area contributed by atoms with Crippen molar-refractivity contribution < 1.29 is 14.7 Å². The number of aromatic carboxylic acids is 1. The summed E-state index contributed by atoms with van der Waals surface area (Å²) in [6.07, 6.45) is 4.37. The van der Waals surface area contributed by atoms with Crippen LogP contribution in [-0.2, 0) is 6.54 Å². The van der Waals surface area contributed by atoms with Crippen molar-refractivity contribution in [2.24, 2.45) is 0 Å². The molecule has 0 bridgehead atoms. The molecule has 0 aliphatic carbocycles. The molecule has 0 saturated heterocycles. The van der Waals surface area contributed by atoms with Crippen molar-refractivity contribution in [1.82, 2.24) is 19.9 Å². The lowest BCUT2D eigenvalue weighted by molar-refractivity contribution is 0.0690. The highest BCUT2D eigenvalue weighted by atomic mass is 32.1. The van der Waals surface area contributed by atoms with Crippen molar-refractivity contribution >= 4 is 28.3 Å². The molecule has 0 radical (unpaired) electrons. The van der Waals surface area contributed by atoms with E-state index in [2.05, 4.69) is 20.6 Å². The van der Waals surface area contributed by atoms with Crippen LogP contribution in [0.2, 0.25) is 0 Å². The lowest BCUT2D eigenvalue weighted by Gasteiger charge is -2.03. The van der Waals surface area contributed by atoms with E-state index in [-0.39, 0.29) is 11.6 Å². The number of amides is 1. The molecule has 0 saturated carbocycles. The zero-order valence-corrected chi connectivity index (χ0v) is 12.2. The van der Waals surface area contributed by atoms with Gasteiger partial charge in [-0.1, -0.05) is 11.3 Å². The number of carboxylic acid groups (broad SMARTS) is 1. The molecule has 0 aliphatic heterocycles. The SMILES string of the molecule is CCNc1ncc(C(=O)NCCn2cnc(C(=O)O)c2)s1. The molecule has 1 amide bonds. The molecule has 8 nitrogen and oxygen atoms in total. The summed E-state index contributed by atoms with van der Waals surface area (Å²) in [6.45, 7) is 3.53. The van der Waals surface area contributed by atoms with E-state index < -0.39 is 5.97 Å². The minimum atomic E-state index is -1.07. The van der Waals surface area contributed by atoms with Crippen molar-refractivity contribution in [3.63, 3.8) is 0 Å². The second-order valence-corrected chi connectivity index (χ2v) is 5.15. The monoisotopic (exact) mass is 309 g/mol. The maximum atomic E-state index is 11.9. The Morgan fingerprint density at radius 3 is 2.90 bits per heavy atom. The van der Waals surface area contributed by atoms with Crippen molar-refractivity contribution in [3.05, 3.63) is 29.3 Å². The molecule has 2 aromatic rings. The summed E-state index contributed by atoms with van der Waals surface area (Å²) >= 11 is 1.29. The first-order chi connectivity index (χ1) is 10.1. The average molecular weight is 309 g/mol. The van der Waals surface area contributed by atoms with Crippen LogP contribution in [0.25, 0.3) is 0 Å². The number of carboxylic acids is 1. The molecule has 2 aromatic heterocycles. The number of carbonyl (C=O) groups is 2. The zero-order chi connectivity index (χ0) is 15.2. The minimum Gasteiger partial charge on any atom is -0.476 e. The van der Waals surface area contributed by atoms with Gasteiger partial charge in [-0.05, 0) is 6.92 Å². The van der Waals surface area contributed by atoms with E-state index in [1.165, 1.54) is 30.1 Å². The molecule has 21 heavy (non-hydrogen) atoms. The van der Waals surface area contributed by atoms with Crippen LogP contribution in [0.5, 0.6) is 0 Å². The third-order valence-electron chi connectivity index (χ3n) is 2.57. The number of thiazole rings is 1. The van der Waals surface area contributed by atoms with E-state index in [0.29, 0.717) is 23.1 Å². The number of hydrogen-bond donors (Lipinski definition) is 3. The number of carbonyl (C=O) groups excluding carboxylic acids is 1. The predicted octanol–water partition coefficient (Wildman–Crippen LogP) is 0.900. The van der Waals surface area contributed by atoms with Gasteiger partial charge in [-0.15, -0.1) is 0 Å². The number of nitrogens with zero attached hydrogens (tertiary/aromatic N) is 3. The summed E-state index contributed by atoms with van der Waals surface area (Å²) in [4.78, 5) is 30.9. The van der Waals surface area contributed by atoms with Gasteiger partial charge >= 0.3 is 5.97 Å². The molecule has 9 heteroatoms. The Morgan fingerprint density at radius 2 is 2.24 bits per heavy atom. The first kappa shape index (κ1) is 15.0. The average Bonchev–Trinajstić information content (AvgIpc) is 3.08. The molecular formula is C12H15N5O3S. The minimum absolute atomic E-state index is 0.0148. The lowest BCUT2D eigenvalue weighted by atomic mass is 10.4. The van der Waals surface area contributed by atoms with Crippen LogP contribution < -0.4 is 10.6 Å². The van der Waals surface area contributed by atoms with Crippen molar-refractivity contribution in [2.45, 2.75) is 13.5 Å². The number of imidazole rings is 1. The molecule has 0 spiro atoms. The summed E-state index contributed by atoms with van der Waals surface area (Å²) in [6, 6.07) is 0. The van der Waals surface area contributed by atoms with Crippen LogP contribution in [0.1, 0.15) is 27.1 Å². The van der Waals surface area contributed by atoms with E-state index in [0.717, 1.165) is 6.54 Å². The van der Waals surface area contributed by atoms with Gasteiger partial charge in [0.2, 0.25) is 0 Å². The second kappa shape index (κ2) is 6.84. The van der Waals surface area contributed by atoms with Gasteiger partial charge in [-0.2, -0.15) is 0 Å². The maximum Gasteiger partial charge on any atom is 0.356 e. The summed E-state index contributed by atoms with van der Waals surface area (Å²) in [5.41, 5.74) is -0.0148. The summed E-state index contributed by atoms with van der Waals surface area (Å²) in [5, 5.41) is 15.2. The fraction of sp³-hybridized carbons (Fsp3) is 0.333. The van der Waals surface area contributed by atoms with E-state index in [9.17, 15) is 9.59 Å². The Balaban J connectivity index is 1.81. The molecule has 0 atom stereocenters. The van der Waals surface area contributed by atoms with Crippen LogP contribution in [0.15, 0.2) is 18.7 Å². The third-order valence-corrected chi connectivity index (χ3v) is 3.52. The van der Waals surface area contributed by atoms with Gasteiger partial charge in [-0.25, -0.2) is 14.8 Å². The maximum absolute atomic E-state index is 11.9. The van der Waals surface area contributed by atoms with E-state index in [4.69, 9.17) is 5.11 Å². The van der Waals surface area contributed by atoms with Gasteiger partial charge in [0, 0.05) is 25.8 Å². The predicted molar refractivity (Wildman–Crippen MR) is 77.8 cm³/mol. The second-order valence-electron chi connectivity index (χ2n) is 4.12. The fourth-order valence-electron chi connectivity index (χ4n) is 1.59. The van der Waals surface area contributed by atoms with Gasteiger partial charge < -0.3 is 20.3 Å². The Labute approximate surface area is 124 Å². The largest absolute Gasteiger partial charge is 0.476 e. The van der Waals surface area contributed by atoms with Crippen LogP contribution in [0.3, 0.4) is 0 Å². The summed E-state index contributed by atoms with van der Waals surface area (Å²) in [7, 11) is 0. The number of aromatic nitrogens is 3. The van der Waals surface area contributed by atoms with Gasteiger partial charge in [0.05, 0.1) is 12.5 Å². The quantitative estimate of drug-likeness (QED) is 0.701. The van der Waals surface area contributed by atoms with Crippen LogP contribution in [0, 0.1) is 0 Å². The first-order valence-corrected chi connectivity index (χ1v) is 7.14. The van der Waals surface area contributed by atoms with Gasteiger partial charge in [0.1, 0.15) is 4.88 Å². The molecule has 112 valence electrons.